The Labute approximate surface area is 216 Å². The van der Waals surface area contributed by atoms with E-state index in [2.05, 4.69) is 0 Å². The number of ether oxygens (including phenoxy) is 3. The van der Waals surface area contributed by atoms with E-state index in [4.69, 9.17) is 14.2 Å². The van der Waals surface area contributed by atoms with Crippen LogP contribution in [0.15, 0.2) is 42.5 Å². The number of benzene rings is 2. The summed E-state index contributed by atoms with van der Waals surface area (Å²) in [7, 11) is 0. The normalized spacial score (nSPS) is 14.4. The number of carbonyl (C=O) groups is 2. The van der Waals surface area contributed by atoms with Crippen molar-refractivity contribution in [2.75, 3.05) is 26.3 Å². The van der Waals surface area contributed by atoms with Crippen LogP contribution in [0, 0.1) is 17.6 Å². The number of halogens is 2. The van der Waals surface area contributed by atoms with E-state index >= 15 is 0 Å². The van der Waals surface area contributed by atoms with Crippen LogP contribution in [0.25, 0.3) is 0 Å². The van der Waals surface area contributed by atoms with Crippen molar-refractivity contribution in [1.29, 1.82) is 0 Å². The van der Waals surface area contributed by atoms with Crippen LogP contribution in [0.2, 0.25) is 0 Å². The molecule has 1 fully saturated rings. The zero-order valence-electron chi connectivity index (χ0n) is 21.2. The predicted octanol–water partition coefficient (Wildman–Crippen LogP) is 5.59. The Morgan fingerprint density at radius 3 is 2.46 bits per heavy atom. The van der Waals surface area contributed by atoms with Gasteiger partial charge in [0.15, 0.2) is 6.10 Å². The molecule has 0 heterocycles. The van der Waals surface area contributed by atoms with Crippen LogP contribution in [-0.4, -0.2) is 54.5 Å². The van der Waals surface area contributed by atoms with E-state index in [1.54, 1.807) is 36.1 Å². The first-order chi connectivity index (χ1) is 17.9. The van der Waals surface area contributed by atoms with E-state index < -0.39 is 29.8 Å². The Bertz CT molecular complexity index is 1010. The highest BCUT2D eigenvalue weighted by molar-refractivity contribution is 5.72. The van der Waals surface area contributed by atoms with E-state index in [0.717, 1.165) is 37.0 Å². The molecule has 1 atom stereocenters. The predicted molar refractivity (Wildman–Crippen MR) is 133 cm³/mol. The van der Waals surface area contributed by atoms with Crippen molar-refractivity contribution in [3.63, 3.8) is 0 Å². The van der Waals surface area contributed by atoms with Crippen molar-refractivity contribution >= 4 is 12.1 Å². The molecule has 1 saturated carbocycles. The molecule has 0 saturated heterocycles. The quantitative estimate of drug-likeness (QED) is 0.350. The van der Waals surface area contributed by atoms with Crippen LogP contribution in [0.1, 0.15) is 50.2 Å². The third kappa shape index (κ3) is 9.31. The summed E-state index contributed by atoms with van der Waals surface area (Å²) in [5.74, 6) is -1.29. The lowest BCUT2D eigenvalue weighted by atomic mass is 10.0. The van der Waals surface area contributed by atoms with Crippen molar-refractivity contribution in [2.24, 2.45) is 5.92 Å². The maximum absolute atomic E-state index is 13.9. The second-order valence-corrected chi connectivity index (χ2v) is 9.20. The molecular weight excluding hydrogens is 484 g/mol. The smallest absolute Gasteiger partial charge is 0.410 e. The maximum atomic E-state index is 13.9. The van der Waals surface area contributed by atoms with Gasteiger partial charge in [0, 0.05) is 31.2 Å². The van der Waals surface area contributed by atoms with Gasteiger partial charge in [-0.1, -0.05) is 37.8 Å². The third-order valence-corrected chi connectivity index (χ3v) is 6.52. The van der Waals surface area contributed by atoms with E-state index in [0.29, 0.717) is 24.8 Å². The number of hydrogen-bond acceptors (Lipinski definition) is 5. The lowest BCUT2D eigenvalue weighted by Gasteiger charge is -2.24. The summed E-state index contributed by atoms with van der Waals surface area (Å²) in [5.41, 5.74) is 0.916. The zero-order valence-corrected chi connectivity index (χ0v) is 21.2. The molecule has 1 N–H and O–H groups in total. The molecule has 1 aliphatic carbocycles. The van der Waals surface area contributed by atoms with Gasteiger partial charge in [-0.3, -0.25) is 0 Å². The topological polar surface area (TPSA) is 85.3 Å². The number of nitrogens with zero attached hydrogens (tertiary/aromatic N) is 1. The van der Waals surface area contributed by atoms with Gasteiger partial charge < -0.3 is 24.2 Å². The number of amides is 1. The fourth-order valence-corrected chi connectivity index (χ4v) is 4.43. The molecule has 1 amide bonds. The molecule has 1 unspecified atom stereocenters. The van der Waals surface area contributed by atoms with E-state index in [1.165, 1.54) is 18.9 Å². The molecule has 0 bridgehead atoms. The van der Waals surface area contributed by atoms with Gasteiger partial charge in [0.2, 0.25) is 0 Å². The second kappa shape index (κ2) is 14.5. The number of carboxylic acids is 1. The highest BCUT2D eigenvalue weighted by atomic mass is 19.1. The number of carbonyl (C=O) groups excluding carboxylic acids is 1. The molecule has 202 valence electrons. The van der Waals surface area contributed by atoms with Crippen LogP contribution < -0.4 is 4.74 Å². The highest BCUT2D eigenvalue weighted by Crippen LogP contribution is 2.27. The average molecular weight is 520 g/mol. The summed E-state index contributed by atoms with van der Waals surface area (Å²) in [5, 5.41) is 9.25. The third-order valence-electron chi connectivity index (χ3n) is 6.52. The number of rotatable bonds is 14. The van der Waals surface area contributed by atoms with Gasteiger partial charge in [0.1, 0.15) is 30.6 Å². The molecule has 3 rings (SSSR count). The van der Waals surface area contributed by atoms with Crippen molar-refractivity contribution in [1.82, 2.24) is 4.90 Å². The first-order valence-corrected chi connectivity index (χ1v) is 12.8. The van der Waals surface area contributed by atoms with Gasteiger partial charge in [-0.15, -0.1) is 0 Å². The number of hydrogen-bond donors (Lipinski definition) is 1. The molecule has 9 heteroatoms. The summed E-state index contributed by atoms with van der Waals surface area (Å²) < 4.78 is 43.5. The van der Waals surface area contributed by atoms with Crippen LogP contribution in [-0.2, 0) is 27.3 Å². The fourth-order valence-electron chi connectivity index (χ4n) is 4.43. The lowest BCUT2D eigenvalue weighted by Crippen LogP contribution is -2.36. The Balaban J connectivity index is 1.52. The fraction of sp³-hybridized carbons (Fsp3) is 0.500. The summed E-state index contributed by atoms with van der Waals surface area (Å²) in [6.45, 7) is 2.79. The van der Waals surface area contributed by atoms with Crippen molar-refractivity contribution in [3.8, 4) is 5.75 Å². The first-order valence-electron chi connectivity index (χ1n) is 12.8. The molecule has 0 aromatic heterocycles. The van der Waals surface area contributed by atoms with Crippen molar-refractivity contribution in [3.05, 3.63) is 65.2 Å². The van der Waals surface area contributed by atoms with E-state index in [9.17, 15) is 23.5 Å². The van der Waals surface area contributed by atoms with Crippen LogP contribution in [0.3, 0.4) is 0 Å². The van der Waals surface area contributed by atoms with E-state index in [-0.39, 0.29) is 31.7 Å². The molecule has 7 nitrogen and oxygen atoms in total. The summed E-state index contributed by atoms with van der Waals surface area (Å²) in [6.07, 6.45) is 4.34. The minimum Gasteiger partial charge on any atom is -0.492 e. The van der Waals surface area contributed by atoms with Crippen LogP contribution in [0.5, 0.6) is 5.75 Å². The van der Waals surface area contributed by atoms with Gasteiger partial charge in [-0.2, -0.15) is 0 Å². The number of carboxylic acid groups (broad SMARTS) is 1. The van der Waals surface area contributed by atoms with Crippen molar-refractivity contribution in [2.45, 2.75) is 58.2 Å². The Kier molecular flexibility index (Phi) is 11.1. The number of aliphatic carboxylic acids is 1. The van der Waals surface area contributed by atoms with Crippen molar-refractivity contribution < 1.29 is 37.7 Å². The second-order valence-electron chi connectivity index (χ2n) is 9.20. The standard InChI is InChI=1S/C28H35F2NO6/c1-2-35-26(27(32)33)17-21-7-11-24(12-8-21)36-16-15-31(14-13-20-5-3-4-6-20)28(34)37-19-22-9-10-23(29)18-25(22)30/h7-12,18,20,26H,2-6,13-17,19H2,1H3,(H,32,33). The lowest BCUT2D eigenvalue weighted by molar-refractivity contribution is -0.149. The maximum Gasteiger partial charge on any atom is 0.410 e. The molecule has 2 aromatic rings. The van der Waals surface area contributed by atoms with Gasteiger partial charge >= 0.3 is 12.1 Å². The highest BCUT2D eigenvalue weighted by Gasteiger charge is 2.21. The minimum atomic E-state index is -1.01. The minimum absolute atomic E-state index is 0.108. The van der Waals surface area contributed by atoms with Gasteiger partial charge in [-0.05, 0) is 49.1 Å². The average Bonchev–Trinajstić information content (AvgIpc) is 3.39. The Morgan fingerprint density at radius 1 is 1.08 bits per heavy atom. The molecule has 0 aliphatic heterocycles. The molecule has 2 aromatic carbocycles. The molecule has 37 heavy (non-hydrogen) atoms. The monoisotopic (exact) mass is 519 g/mol. The van der Waals surface area contributed by atoms with Gasteiger partial charge in [0.05, 0.1) is 6.54 Å². The summed E-state index contributed by atoms with van der Waals surface area (Å²) in [6, 6.07) is 10.2. The van der Waals surface area contributed by atoms with Crippen LogP contribution in [0.4, 0.5) is 13.6 Å². The molecule has 1 aliphatic rings. The van der Waals surface area contributed by atoms with Gasteiger partial charge in [-0.25, -0.2) is 18.4 Å². The largest absolute Gasteiger partial charge is 0.492 e. The SMILES string of the molecule is CCOC(Cc1ccc(OCCN(CCC2CCCC2)C(=O)OCc2ccc(F)cc2F)cc1)C(=O)O. The Hall–Kier alpha value is -3.20. The van der Waals surface area contributed by atoms with E-state index in [1.807, 2.05) is 0 Å². The van der Waals surface area contributed by atoms with Gasteiger partial charge in [0.25, 0.3) is 0 Å². The Morgan fingerprint density at radius 2 is 1.81 bits per heavy atom. The summed E-state index contributed by atoms with van der Waals surface area (Å²) >= 11 is 0. The summed E-state index contributed by atoms with van der Waals surface area (Å²) in [4.78, 5) is 25.6. The van der Waals surface area contributed by atoms with Crippen LogP contribution >= 0.6 is 0 Å². The zero-order chi connectivity index (χ0) is 26.6. The molecule has 0 spiro atoms. The molecule has 0 radical (unpaired) electrons. The molecular formula is C28H35F2NO6. The first kappa shape index (κ1) is 28.4.